The van der Waals surface area contributed by atoms with Crippen molar-refractivity contribution < 1.29 is 32.6 Å². The average Bonchev–Trinajstić information content (AvgIpc) is 2.91. The summed E-state index contributed by atoms with van der Waals surface area (Å²) in [4.78, 5) is 24.2. The predicted molar refractivity (Wildman–Crippen MR) is 78.8 cm³/mol. The van der Waals surface area contributed by atoms with Crippen LogP contribution in [0.25, 0.3) is 0 Å². The highest BCUT2D eigenvalue weighted by Gasteiger charge is 2.53. The molecule has 9 heteroatoms. The van der Waals surface area contributed by atoms with Gasteiger partial charge in [0, 0.05) is 18.1 Å². The molecule has 1 aromatic carbocycles. The molecule has 0 radical (unpaired) electrons. The van der Waals surface area contributed by atoms with Crippen LogP contribution in [0.5, 0.6) is 5.75 Å². The van der Waals surface area contributed by atoms with E-state index in [1.54, 1.807) is 18.2 Å². The third-order valence-electron chi connectivity index (χ3n) is 3.83. The van der Waals surface area contributed by atoms with Crippen LogP contribution < -0.4 is 4.74 Å². The van der Waals surface area contributed by atoms with E-state index in [0.717, 1.165) is 4.90 Å². The first kappa shape index (κ1) is 18.4. The number of amides is 1. The summed E-state index contributed by atoms with van der Waals surface area (Å²) in [5, 5.41) is 9.35. The molecule has 1 aromatic rings. The average molecular weight is 366 g/mol. The van der Waals surface area contributed by atoms with E-state index < -0.39 is 49.1 Å². The van der Waals surface area contributed by atoms with Gasteiger partial charge in [-0.15, -0.1) is 0 Å². The van der Waals surface area contributed by atoms with Gasteiger partial charge in [0.15, 0.2) is 6.10 Å². The van der Waals surface area contributed by atoms with Gasteiger partial charge in [0.2, 0.25) is 0 Å². The van der Waals surface area contributed by atoms with Crippen molar-refractivity contribution in [3.8, 4) is 5.75 Å². The maximum Gasteiger partial charge on any atom is 0.394 e. The highest BCUT2D eigenvalue weighted by molar-refractivity contribution is 6.30. The number of alkyl halides is 3. The van der Waals surface area contributed by atoms with Crippen LogP contribution in [0.3, 0.4) is 0 Å². The fourth-order valence-corrected chi connectivity index (χ4v) is 2.80. The molecule has 1 amide bonds. The van der Waals surface area contributed by atoms with E-state index in [2.05, 4.69) is 0 Å². The molecule has 0 aliphatic carbocycles. The Balaban J connectivity index is 2.08. The molecule has 5 nitrogen and oxygen atoms in total. The lowest BCUT2D eigenvalue weighted by atomic mass is 9.96. The molecule has 132 valence electrons. The van der Waals surface area contributed by atoms with E-state index >= 15 is 0 Å². The summed E-state index contributed by atoms with van der Waals surface area (Å²) in [6.07, 6.45) is -5.75. The fraction of sp³-hybridized carbons (Fsp3) is 0.467. The van der Waals surface area contributed by atoms with Crippen molar-refractivity contribution in [1.82, 2.24) is 4.90 Å². The number of hydrogen-bond acceptors (Lipinski definition) is 3. The quantitative estimate of drug-likeness (QED) is 0.891. The molecule has 0 saturated carbocycles. The zero-order valence-electron chi connectivity index (χ0n) is 12.6. The number of benzene rings is 1. The Labute approximate surface area is 141 Å². The topological polar surface area (TPSA) is 66.8 Å². The lowest BCUT2D eigenvalue weighted by molar-refractivity contribution is -0.188. The van der Waals surface area contributed by atoms with E-state index in [4.69, 9.17) is 21.4 Å². The van der Waals surface area contributed by atoms with Crippen LogP contribution in [0.2, 0.25) is 5.02 Å². The van der Waals surface area contributed by atoms with Crippen molar-refractivity contribution in [1.29, 1.82) is 0 Å². The molecule has 24 heavy (non-hydrogen) atoms. The number of hydrogen-bond donors (Lipinski definition) is 1. The van der Waals surface area contributed by atoms with Gasteiger partial charge in [-0.1, -0.05) is 17.7 Å². The summed E-state index contributed by atoms with van der Waals surface area (Å²) in [6, 6.07) is 6.23. The van der Waals surface area contributed by atoms with Crippen LogP contribution in [0.15, 0.2) is 24.3 Å². The second kappa shape index (κ2) is 6.88. The van der Waals surface area contributed by atoms with Crippen molar-refractivity contribution in [2.24, 2.45) is 11.8 Å². The number of halogens is 4. The van der Waals surface area contributed by atoms with E-state index in [1.807, 2.05) is 0 Å². The Bertz CT molecular complexity index is 637. The van der Waals surface area contributed by atoms with Crippen molar-refractivity contribution in [2.45, 2.75) is 19.2 Å². The minimum absolute atomic E-state index is 0.296. The molecule has 1 fully saturated rings. The summed E-state index contributed by atoms with van der Waals surface area (Å²) in [5.74, 6) is -5.74. The molecule has 1 N–H and O–H groups in total. The zero-order valence-corrected chi connectivity index (χ0v) is 13.3. The molecule has 3 atom stereocenters. The number of ether oxygens (including phenoxy) is 1. The molecular weight excluding hydrogens is 351 g/mol. The molecule has 0 aromatic heterocycles. The maximum absolute atomic E-state index is 13.0. The molecule has 0 spiro atoms. The van der Waals surface area contributed by atoms with Gasteiger partial charge in [-0.3, -0.25) is 9.59 Å². The number of likely N-dealkylation sites (tertiary alicyclic amines) is 1. The smallest absolute Gasteiger partial charge is 0.394 e. The number of rotatable bonds is 4. The number of carbonyl (C=O) groups excluding carboxylic acids is 1. The molecule has 1 unspecified atom stereocenters. The standard InChI is InChI=1S/C15H15ClF3NO4/c1-8(24-10-4-2-3-9(16)5-10)13(21)20-6-11(14(22)23)12(7-20)15(17,18)19/h2-5,8,11-12H,6-7H2,1H3,(H,22,23)/t8?,11-,12-/m1/s1. The van der Waals surface area contributed by atoms with Crippen molar-refractivity contribution >= 4 is 23.5 Å². The molecule has 0 bridgehead atoms. The first-order chi connectivity index (χ1) is 11.1. The molecule has 1 aliphatic heterocycles. The summed E-state index contributed by atoms with van der Waals surface area (Å²) >= 11 is 5.79. The van der Waals surface area contributed by atoms with Crippen molar-refractivity contribution in [3.05, 3.63) is 29.3 Å². The summed E-state index contributed by atoms with van der Waals surface area (Å²) in [5.41, 5.74) is 0. The van der Waals surface area contributed by atoms with Gasteiger partial charge in [-0.2, -0.15) is 13.2 Å². The Morgan fingerprint density at radius 3 is 2.54 bits per heavy atom. The van der Waals surface area contributed by atoms with E-state index in [-0.39, 0.29) is 0 Å². The SMILES string of the molecule is CC(Oc1cccc(Cl)c1)C(=O)N1C[C@@H](C(F)(F)F)[C@H](C(=O)O)C1. The van der Waals surface area contributed by atoms with Crippen LogP contribution in [0.1, 0.15) is 6.92 Å². The highest BCUT2D eigenvalue weighted by Crippen LogP contribution is 2.38. The molecule has 1 saturated heterocycles. The number of nitrogens with zero attached hydrogens (tertiary/aromatic N) is 1. The molecular formula is C15H15ClF3NO4. The van der Waals surface area contributed by atoms with Gasteiger partial charge in [0.1, 0.15) is 5.75 Å². The van der Waals surface area contributed by atoms with Crippen molar-refractivity contribution in [3.63, 3.8) is 0 Å². The van der Waals surface area contributed by atoms with Gasteiger partial charge < -0.3 is 14.7 Å². The third-order valence-corrected chi connectivity index (χ3v) is 4.06. The normalized spacial score (nSPS) is 22.3. The van der Waals surface area contributed by atoms with Gasteiger partial charge >= 0.3 is 12.1 Å². The molecule has 2 rings (SSSR count). The van der Waals surface area contributed by atoms with Gasteiger partial charge in [-0.25, -0.2) is 0 Å². The van der Waals surface area contributed by atoms with Gasteiger partial charge in [-0.05, 0) is 25.1 Å². The van der Waals surface area contributed by atoms with Gasteiger partial charge in [0.05, 0.1) is 11.8 Å². The third kappa shape index (κ3) is 4.11. The Morgan fingerprint density at radius 1 is 1.38 bits per heavy atom. The second-order valence-corrected chi connectivity index (χ2v) is 5.99. The largest absolute Gasteiger partial charge is 0.481 e. The fourth-order valence-electron chi connectivity index (χ4n) is 2.62. The lowest BCUT2D eigenvalue weighted by Gasteiger charge is -2.22. The van der Waals surface area contributed by atoms with Crippen LogP contribution in [-0.2, 0) is 9.59 Å². The number of carboxylic acids is 1. The first-order valence-corrected chi connectivity index (χ1v) is 7.48. The van der Waals surface area contributed by atoms with E-state index in [0.29, 0.717) is 10.8 Å². The zero-order chi connectivity index (χ0) is 18.1. The Kier molecular flexibility index (Phi) is 5.27. The highest BCUT2D eigenvalue weighted by atomic mass is 35.5. The van der Waals surface area contributed by atoms with Crippen LogP contribution in [0.4, 0.5) is 13.2 Å². The Hall–Kier alpha value is -1.96. The molecule has 1 heterocycles. The number of aliphatic carboxylic acids is 1. The summed E-state index contributed by atoms with van der Waals surface area (Å²) in [6.45, 7) is 0.198. The van der Waals surface area contributed by atoms with E-state index in [1.165, 1.54) is 13.0 Å². The summed E-state index contributed by atoms with van der Waals surface area (Å²) in [7, 11) is 0. The van der Waals surface area contributed by atoms with Gasteiger partial charge in [0.25, 0.3) is 5.91 Å². The Morgan fingerprint density at radius 2 is 2.04 bits per heavy atom. The molecule has 1 aliphatic rings. The summed E-state index contributed by atoms with van der Waals surface area (Å²) < 4.78 is 44.2. The maximum atomic E-state index is 13.0. The van der Waals surface area contributed by atoms with Crippen molar-refractivity contribution in [2.75, 3.05) is 13.1 Å². The monoisotopic (exact) mass is 365 g/mol. The predicted octanol–water partition coefficient (Wildman–Crippen LogP) is 2.83. The van der Waals surface area contributed by atoms with Crippen LogP contribution in [-0.4, -0.2) is 47.3 Å². The second-order valence-electron chi connectivity index (χ2n) is 5.55. The van der Waals surface area contributed by atoms with Crippen LogP contribution >= 0.6 is 11.6 Å². The number of carboxylic acid groups (broad SMARTS) is 1. The lowest BCUT2D eigenvalue weighted by Crippen LogP contribution is -2.40. The van der Waals surface area contributed by atoms with E-state index in [9.17, 15) is 22.8 Å². The number of carbonyl (C=O) groups is 2. The van der Waals surface area contributed by atoms with Crippen LogP contribution in [0, 0.1) is 11.8 Å². The minimum Gasteiger partial charge on any atom is -0.481 e. The minimum atomic E-state index is -4.69. The first-order valence-electron chi connectivity index (χ1n) is 7.10.